The quantitative estimate of drug-likeness (QED) is 0.231. The summed E-state index contributed by atoms with van der Waals surface area (Å²) in [5.74, 6) is 1.84. The molecule has 1 aliphatic rings. The molecule has 0 saturated carbocycles. The zero-order chi connectivity index (χ0) is 19.5. The molecule has 1 aliphatic heterocycles. The lowest BCUT2D eigenvalue weighted by molar-refractivity contribution is -0.116. The van der Waals surface area contributed by atoms with Crippen molar-refractivity contribution in [2.24, 2.45) is 10.9 Å². The number of carbonyl (C=O) groups excluding carboxylic acids is 1. The van der Waals surface area contributed by atoms with Crippen molar-refractivity contribution in [3.8, 4) is 0 Å². The zero-order valence-electron chi connectivity index (χ0n) is 16.9. The summed E-state index contributed by atoms with van der Waals surface area (Å²) in [7, 11) is 3.44. The lowest BCUT2D eigenvalue weighted by Crippen LogP contribution is -2.41. The van der Waals surface area contributed by atoms with E-state index in [0.29, 0.717) is 37.9 Å². The molecule has 2 heterocycles. The molecule has 9 heteroatoms. The topological polar surface area (TPSA) is 88.1 Å². The van der Waals surface area contributed by atoms with Crippen LogP contribution >= 0.6 is 24.0 Å². The Balaban J connectivity index is 0.00000392. The van der Waals surface area contributed by atoms with Gasteiger partial charge < -0.3 is 25.0 Å². The Labute approximate surface area is 184 Å². The average Bonchev–Trinajstić information content (AvgIpc) is 3.11. The minimum Gasteiger partial charge on any atom is -0.382 e. The maximum Gasteiger partial charge on any atom is 0.227 e. The van der Waals surface area contributed by atoms with Crippen molar-refractivity contribution in [3.05, 3.63) is 23.9 Å². The molecule has 1 saturated heterocycles. The second-order valence-corrected chi connectivity index (χ2v) is 6.60. The Morgan fingerprint density at radius 3 is 2.93 bits per heavy atom. The molecular formula is C19H32IN5O3. The number of nitrogens with zero attached hydrogens (tertiary/aromatic N) is 3. The van der Waals surface area contributed by atoms with Crippen molar-refractivity contribution < 1.29 is 14.3 Å². The molecule has 0 aromatic carbocycles. The molecule has 0 aliphatic carbocycles. The number of aliphatic imine (C=N–C) groups is 1. The van der Waals surface area contributed by atoms with Gasteiger partial charge in [0, 0.05) is 51.8 Å². The molecule has 1 fully saturated rings. The molecule has 0 spiro atoms. The van der Waals surface area contributed by atoms with E-state index in [1.807, 2.05) is 19.1 Å². The highest BCUT2D eigenvalue weighted by Gasteiger charge is 2.24. The van der Waals surface area contributed by atoms with Gasteiger partial charge in [-0.05, 0) is 25.5 Å². The smallest absolute Gasteiger partial charge is 0.227 e. The predicted octanol–water partition coefficient (Wildman–Crippen LogP) is 1.90. The molecule has 8 nitrogen and oxygen atoms in total. The molecule has 2 N–H and O–H groups in total. The molecule has 2 rings (SSSR count). The predicted molar refractivity (Wildman–Crippen MR) is 121 cm³/mol. The normalized spacial score (nSPS) is 16.6. The first kappa shape index (κ1) is 24.6. The fraction of sp³-hybridized carbons (Fsp3) is 0.632. The number of aryl methyl sites for hydroxylation is 1. The highest BCUT2D eigenvalue weighted by Crippen LogP contribution is 2.16. The third kappa shape index (κ3) is 8.70. The van der Waals surface area contributed by atoms with Gasteiger partial charge in [0.25, 0.3) is 0 Å². The number of likely N-dealkylation sites (tertiary alicyclic amines) is 1. The number of guanidine groups is 1. The van der Waals surface area contributed by atoms with Crippen LogP contribution in [-0.2, 0) is 14.3 Å². The first-order valence-electron chi connectivity index (χ1n) is 9.38. The molecule has 1 amide bonds. The average molecular weight is 505 g/mol. The maximum atomic E-state index is 12.1. The molecule has 0 bridgehead atoms. The lowest BCUT2D eigenvalue weighted by Gasteiger charge is -2.21. The van der Waals surface area contributed by atoms with Gasteiger partial charge in [-0.15, -0.1) is 24.0 Å². The second-order valence-electron chi connectivity index (χ2n) is 6.60. The van der Waals surface area contributed by atoms with Crippen LogP contribution in [-0.4, -0.2) is 75.4 Å². The van der Waals surface area contributed by atoms with Crippen LogP contribution in [0.1, 0.15) is 18.5 Å². The summed E-state index contributed by atoms with van der Waals surface area (Å²) in [6.45, 7) is 6.26. The fourth-order valence-corrected chi connectivity index (χ4v) is 2.99. The molecule has 28 heavy (non-hydrogen) atoms. The van der Waals surface area contributed by atoms with Crippen LogP contribution in [0.5, 0.6) is 0 Å². The third-order valence-electron chi connectivity index (χ3n) is 4.37. The summed E-state index contributed by atoms with van der Waals surface area (Å²) in [5, 5.41) is 6.08. The second kappa shape index (κ2) is 13.7. The van der Waals surface area contributed by atoms with E-state index in [1.165, 1.54) is 0 Å². The van der Waals surface area contributed by atoms with E-state index in [2.05, 4.69) is 25.5 Å². The summed E-state index contributed by atoms with van der Waals surface area (Å²) >= 11 is 0. The van der Waals surface area contributed by atoms with Crippen molar-refractivity contribution in [1.82, 2.24) is 15.2 Å². The fourth-order valence-electron chi connectivity index (χ4n) is 2.99. The maximum absolute atomic E-state index is 12.1. The number of anilines is 1. The Bertz CT molecular complexity index is 629. The molecule has 0 radical (unpaired) electrons. The highest BCUT2D eigenvalue weighted by atomic mass is 127. The summed E-state index contributed by atoms with van der Waals surface area (Å²) in [6, 6.07) is 5.56. The summed E-state index contributed by atoms with van der Waals surface area (Å²) in [4.78, 5) is 22.9. The van der Waals surface area contributed by atoms with Gasteiger partial charge >= 0.3 is 0 Å². The Morgan fingerprint density at radius 1 is 1.39 bits per heavy atom. The highest BCUT2D eigenvalue weighted by molar-refractivity contribution is 14.0. The van der Waals surface area contributed by atoms with Crippen LogP contribution in [0.2, 0.25) is 0 Å². The summed E-state index contributed by atoms with van der Waals surface area (Å²) in [5.41, 5.74) is 0.876. The van der Waals surface area contributed by atoms with Crippen LogP contribution in [0.15, 0.2) is 23.2 Å². The summed E-state index contributed by atoms with van der Waals surface area (Å²) < 4.78 is 10.6. The summed E-state index contributed by atoms with van der Waals surface area (Å²) in [6.07, 6.45) is 1.43. The van der Waals surface area contributed by atoms with E-state index >= 15 is 0 Å². The molecular weight excluding hydrogens is 473 g/mol. The first-order chi connectivity index (χ1) is 13.1. The third-order valence-corrected chi connectivity index (χ3v) is 4.37. The number of nitrogens with one attached hydrogen (secondary N) is 2. The van der Waals surface area contributed by atoms with Crippen LogP contribution in [0.3, 0.4) is 0 Å². The van der Waals surface area contributed by atoms with Gasteiger partial charge in [-0.2, -0.15) is 0 Å². The number of carbonyl (C=O) groups is 1. The zero-order valence-corrected chi connectivity index (χ0v) is 19.3. The van der Waals surface area contributed by atoms with Crippen LogP contribution in [0, 0.1) is 12.8 Å². The standard InChI is InChI=1S/C19H31N5O3.HI/c1-15-5-4-6-17(22-15)23-18(25)7-9-21-19(20-2)24-10-8-16(13-24)14-27-12-11-26-3;/h4-6,16H,7-14H2,1-3H3,(H,20,21)(H,22,23,25);1H. The van der Waals surface area contributed by atoms with Gasteiger partial charge in [0.05, 0.1) is 19.8 Å². The van der Waals surface area contributed by atoms with Crippen LogP contribution in [0.4, 0.5) is 5.82 Å². The van der Waals surface area contributed by atoms with E-state index < -0.39 is 0 Å². The largest absolute Gasteiger partial charge is 0.382 e. The van der Waals surface area contributed by atoms with Crippen molar-refractivity contribution in [2.75, 3.05) is 58.9 Å². The molecule has 1 aromatic heterocycles. The molecule has 1 aromatic rings. The minimum atomic E-state index is -0.0677. The number of aromatic nitrogens is 1. The number of amides is 1. The Kier molecular flexibility index (Phi) is 12.0. The van der Waals surface area contributed by atoms with Gasteiger partial charge in [-0.1, -0.05) is 6.07 Å². The minimum absolute atomic E-state index is 0. The van der Waals surface area contributed by atoms with Crippen molar-refractivity contribution >= 4 is 41.7 Å². The lowest BCUT2D eigenvalue weighted by atomic mass is 10.1. The van der Waals surface area contributed by atoms with Crippen LogP contribution in [0.25, 0.3) is 0 Å². The van der Waals surface area contributed by atoms with E-state index in [4.69, 9.17) is 9.47 Å². The number of ether oxygens (including phenoxy) is 2. The van der Waals surface area contributed by atoms with Gasteiger partial charge in [-0.3, -0.25) is 9.79 Å². The number of hydrogen-bond donors (Lipinski definition) is 2. The van der Waals surface area contributed by atoms with Crippen molar-refractivity contribution in [1.29, 1.82) is 0 Å². The number of hydrogen-bond acceptors (Lipinski definition) is 5. The number of methoxy groups -OCH3 is 1. The van der Waals surface area contributed by atoms with Gasteiger partial charge in [0.2, 0.25) is 5.91 Å². The van der Waals surface area contributed by atoms with Crippen LogP contribution < -0.4 is 10.6 Å². The Morgan fingerprint density at radius 2 is 2.21 bits per heavy atom. The molecule has 1 atom stereocenters. The van der Waals surface area contributed by atoms with E-state index in [-0.39, 0.29) is 29.9 Å². The number of rotatable bonds is 9. The molecule has 158 valence electrons. The van der Waals surface area contributed by atoms with Gasteiger partial charge in [0.1, 0.15) is 5.82 Å². The van der Waals surface area contributed by atoms with Gasteiger partial charge in [-0.25, -0.2) is 4.98 Å². The number of pyridine rings is 1. The van der Waals surface area contributed by atoms with E-state index in [1.54, 1.807) is 20.2 Å². The monoisotopic (exact) mass is 505 g/mol. The van der Waals surface area contributed by atoms with Crippen molar-refractivity contribution in [3.63, 3.8) is 0 Å². The Hall–Kier alpha value is -1.46. The number of halogens is 1. The van der Waals surface area contributed by atoms with E-state index in [0.717, 1.165) is 37.8 Å². The van der Waals surface area contributed by atoms with Gasteiger partial charge in [0.15, 0.2) is 5.96 Å². The van der Waals surface area contributed by atoms with E-state index in [9.17, 15) is 4.79 Å². The first-order valence-corrected chi connectivity index (χ1v) is 9.38. The molecule has 1 unspecified atom stereocenters. The SMILES string of the molecule is CN=C(NCCC(=O)Nc1cccc(C)n1)N1CCC(COCCOC)C1.I. The van der Waals surface area contributed by atoms with Crippen molar-refractivity contribution in [2.45, 2.75) is 19.8 Å².